The van der Waals surface area contributed by atoms with Gasteiger partial charge in [0.1, 0.15) is 0 Å². The van der Waals surface area contributed by atoms with Gasteiger partial charge in [-0.15, -0.1) is 0 Å². The number of aryl methyl sites for hydroxylation is 1. The van der Waals surface area contributed by atoms with Crippen LogP contribution in [0.15, 0.2) is 29.2 Å². The average molecular weight is 344 g/mol. The summed E-state index contributed by atoms with van der Waals surface area (Å²) in [6.45, 7) is 3.83. The van der Waals surface area contributed by atoms with Crippen LogP contribution in [0.4, 0.5) is 0 Å². The van der Waals surface area contributed by atoms with E-state index in [-0.39, 0.29) is 11.3 Å². The SMILES string of the molecule is CCCCCC(O)C(OS(=O)(=O)c1ccc(C)cc1)C(=O)OC. The molecule has 0 amide bonds. The number of hydrogen-bond acceptors (Lipinski definition) is 6. The molecule has 0 aliphatic carbocycles. The molecule has 6 nitrogen and oxygen atoms in total. The van der Waals surface area contributed by atoms with E-state index in [1.165, 1.54) is 12.1 Å². The van der Waals surface area contributed by atoms with Gasteiger partial charge in [0.05, 0.1) is 18.1 Å². The summed E-state index contributed by atoms with van der Waals surface area (Å²) in [7, 11) is -3.05. The van der Waals surface area contributed by atoms with Crippen LogP contribution < -0.4 is 0 Å². The van der Waals surface area contributed by atoms with E-state index in [0.29, 0.717) is 6.42 Å². The molecular formula is C16H24O6S. The third kappa shape index (κ3) is 5.93. The van der Waals surface area contributed by atoms with Crippen molar-refractivity contribution in [3.63, 3.8) is 0 Å². The van der Waals surface area contributed by atoms with Crippen LogP contribution in [0.1, 0.15) is 38.2 Å². The first-order chi connectivity index (χ1) is 10.8. The maximum absolute atomic E-state index is 12.3. The van der Waals surface area contributed by atoms with Gasteiger partial charge >= 0.3 is 5.97 Å². The fraction of sp³-hybridized carbons (Fsp3) is 0.562. The average Bonchev–Trinajstić information content (AvgIpc) is 2.52. The molecule has 130 valence electrons. The zero-order valence-electron chi connectivity index (χ0n) is 13.7. The molecule has 0 bridgehead atoms. The van der Waals surface area contributed by atoms with Crippen molar-refractivity contribution in [2.45, 2.75) is 56.6 Å². The Morgan fingerprint density at radius 2 is 1.83 bits per heavy atom. The van der Waals surface area contributed by atoms with Crippen LogP contribution in [0.25, 0.3) is 0 Å². The zero-order chi connectivity index (χ0) is 17.5. The minimum atomic E-state index is -4.17. The van der Waals surface area contributed by atoms with E-state index in [2.05, 4.69) is 4.74 Å². The van der Waals surface area contributed by atoms with Gasteiger partial charge < -0.3 is 9.84 Å². The second kappa shape index (κ2) is 9.00. The Balaban J connectivity index is 2.91. The van der Waals surface area contributed by atoms with Crippen LogP contribution in [0.2, 0.25) is 0 Å². The first kappa shape index (κ1) is 19.6. The molecule has 0 aliphatic rings. The molecule has 7 heteroatoms. The highest BCUT2D eigenvalue weighted by Gasteiger charge is 2.34. The van der Waals surface area contributed by atoms with Gasteiger partial charge in [-0.25, -0.2) is 8.98 Å². The largest absolute Gasteiger partial charge is 0.467 e. The first-order valence-electron chi connectivity index (χ1n) is 7.57. The predicted octanol–water partition coefficient (Wildman–Crippen LogP) is 2.18. The Labute approximate surface area is 137 Å². The normalized spacial score (nSPS) is 14.3. The standard InChI is InChI=1S/C16H24O6S/c1-4-5-6-7-14(17)15(16(18)21-3)22-23(19,20)13-10-8-12(2)9-11-13/h8-11,14-15,17H,4-7H2,1-3H3. The van der Waals surface area contributed by atoms with E-state index in [4.69, 9.17) is 4.18 Å². The predicted molar refractivity (Wildman–Crippen MR) is 85.4 cm³/mol. The van der Waals surface area contributed by atoms with Crippen molar-refractivity contribution in [2.75, 3.05) is 7.11 Å². The van der Waals surface area contributed by atoms with E-state index in [1.807, 2.05) is 13.8 Å². The van der Waals surface area contributed by atoms with Gasteiger partial charge in [0.25, 0.3) is 10.1 Å². The molecule has 1 N–H and O–H groups in total. The van der Waals surface area contributed by atoms with E-state index in [0.717, 1.165) is 25.5 Å². The number of ether oxygens (including phenoxy) is 1. The van der Waals surface area contributed by atoms with Crippen molar-refractivity contribution in [1.29, 1.82) is 0 Å². The van der Waals surface area contributed by atoms with Gasteiger partial charge in [-0.3, -0.25) is 0 Å². The molecule has 23 heavy (non-hydrogen) atoms. The van der Waals surface area contributed by atoms with Gasteiger partial charge in [0, 0.05) is 0 Å². The van der Waals surface area contributed by atoms with Gasteiger partial charge in [0.15, 0.2) is 6.10 Å². The lowest BCUT2D eigenvalue weighted by molar-refractivity contribution is -0.154. The quantitative estimate of drug-likeness (QED) is 0.419. The number of unbranched alkanes of at least 4 members (excludes halogenated alkanes) is 2. The molecule has 0 fully saturated rings. The van der Waals surface area contributed by atoms with Crippen LogP contribution in [0.5, 0.6) is 0 Å². The highest BCUT2D eigenvalue weighted by atomic mass is 32.2. The highest BCUT2D eigenvalue weighted by Crippen LogP contribution is 2.19. The van der Waals surface area contributed by atoms with Crippen LogP contribution in [0, 0.1) is 6.92 Å². The molecule has 0 saturated carbocycles. The molecule has 1 aromatic carbocycles. The Hall–Kier alpha value is -1.44. The van der Waals surface area contributed by atoms with Crippen LogP contribution >= 0.6 is 0 Å². The second-order valence-electron chi connectivity index (χ2n) is 5.37. The fourth-order valence-corrected chi connectivity index (χ4v) is 3.09. The Morgan fingerprint density at radius 1 is 1.22 bits per heavy atom. The number of aliphatic hydroxyl groups excluding tert-OH is 1. The summed E-state index contributed by atoms with van der Waals surface area (Å²) in [6, 6.07) is 6.03. The van der Waals surface area contributed by atoms with E-state index in [9.17, 15) is 18.3 Å². The van der Waals surface area contributed by atoms with Gasteiger partial charge in [-0.1, -0.05) is 43.9 Å². The highest BCUT2D eigenvalue weighted by molar-refractivity contribution is 7.86. The number of esters is 1. The smallest absolute Gasteiger partial charge is 0.339 e. The summed E-state index contributed by atoms with van der Waals surface area (Å²) in [5, 5.41) is 10.1. The fourth-order valence-electron chi connectivity index (χ4n) is 2.03. The zero-order valence-corrected chi connectivity index (χ0v) is 14.5. The summed E-state index contributed by atoms with van der Waals surface area (Å²) in [4.78, 5) is 11.7. The number of carbonyl (C=O) groups excluding carboxylic acids is 1. The molecule has 0 heterocycles. The molecule has 2 atom stereocenters. The monoisotopic (exact) mass is 344 g/mol. The van der Waals surface area contributed by atoms with Crippen LogP contribution in [0.3, 0.4) is 0 Å². The molecule has 1 rings (SSSR count). The third-order valence-corrected chi connectivity index (χ3v) is 4.74. The minimum absolute atomic E-state index is 0.0715. The number of rotatable bonds is 9. The number of methoxy groups -OCH3 is 1. The Kier molecular flexibility index (Phi) is 7.67. The van der Waals surface area contributed by atoms with Crippen molar-refractivity contribution >= 4 is 16.1 Å². The van der Waals surface area contributed by atoms with Crippen LogP contribution in [-0.4, -0.2) is 38.8 Å². The van der Waals surface area contributed by atoms with E-state index in [1.54, 1.807) is 12.1 Å². The lowest BCUT2D eigenvalue weighted by Gasteiger charge is -2.20. The first-order valence-corrected chi connectivity index (χ1v) is 8.98. The summed E-state index contributed by atoms with van der Waals surface area (Å²) in [5.74, 6) is -0.912. The van der Waals surface area contributed by atoms with E-state index < -0.39 is 28.3 Å². The molecule has 0 saturated heterocycles. The van der Waals surface area contributed by atoms with Gasteiger partial charge in [0.2, 0.25) is 0 Å². The van der Waals surface area contributed by atoms with Crippen molar-refractivity contribution in [3.05, 3.63) is 29.8 Å². The molecule has 0 aliphatic heterocycles. The molecule has 1 aromatic rings. The number of hydrogen-bond donors (Lipinski definition) is 1. The maximum Gasteiger partial charge on any atom is 0.339 e. The van der Waals surface area contributed by atoms with Crippen LogP contribution in [-0.2, 0) is 23.8 Å². The Morgan fingerprint density at radius 3 is 2.35 bits per heavy atom. The lowest BCUT2D eigenvalue weighted by atomic mass is 10.1. The molecular weight excluding hydrogens is 320 g/mol. The van der Waals surface area contributed by atoms with Crippen molar-refractivity contribution in [2.24, 2.45) is 0 Å². The lowest BCUT2D eigenvalue weighted by Crippen LogP contribution is -2.39. The second-order valence-corrected chi connectivity index (χ2v) is 6.94. The number of aliphatic hydroxyl groups is 1. The summed E-state index contributed by atoms with van der Waals surface area (Å²) < 4.78 is 34.0. The van der Waals surface area contributed by atoms with Crippen molar-refractivity contribution in [1.82, 2.24) is 0 Å². The van der Waals surface area contributed by atoms with Crippen molar-refractivity contribution < 1.29 is 27.2 Å². The molecule has 0 radical (unpaired) electrons. The Bertz CT molecular complexity index is 594. The van der Waals surface area contributed by atoms with Gasteiger partial charge in [-0.2, -0.15) is 8.42 Å². The minimum Gasteiger partial charge on any atom is -0.467 e. The summed E-state index contributed by atoms with van der Waals surface area (Å²) in [6.07, 6.45) is -0.0680. The maximum atomic E-state index is 12.3. The topological polar surface area (TPSA) is 89.9 Å². The number of carbonyl (C=O) groups is 1. The van der Waals surface area contributed by atoms with Crippen molar-refractivity contribution in [3.8, 4) is 0 Å². The van der Waals surface area contributed by atoms with E-state index >= 15 is 0 Å². The third-order valence-electron chi connectivity index (χ3n) is 3.43. The molecule has 0 aromatic heterocycles. The summed E-state index contributed by atoms with van der Waals surface area (Å²) in [5.41, 5.74) is 0.896. The summed E-state index contributed by atoms with van der Waals surface area (Å²) >= 11 is 0. The number of benzene rings is 1. The van der Waals surface area contributed by atoms with Gasteiger partial charge in [-0.05, 0) is 25.5 Å². The molecule has 2 unspecified atom stereocenters. The molecule has 0 spiro atoms.